The van der Waals surface area contributed by atoms with E-state index in [1.165, 1.54) is 12.1 Å². The maximum absolute atomic E-state index is 11.3. The average Bonchev–Trinajstić information content (AvgIpc) is 2.64. The lowest BCUT2D eigenvalue weighted by atomic mass is 10.2. The van der Waals surface area contributed by atoms with Crippen molar-refractivity contribution >= 4 is 38.1 Å². The number of fused-ring (bicyclic) bond motifs is 1. The Kier molecular flexibility index (Phi) is 5.19. The molecule has 1 heterocycles. The van der Waals surface area contributed by atoms with E-state index >= 15 is 0 Å². The number of anilines is 2. The second-order valence-corrected chi connectivity index (χ2v) is 7.29. The van der Waals surface area contributed by atoms with Crippen molar-refractivity contribution in [2.24, 2.45) is 5.14 Å². The van der Waals surface area contributed by atoms with Gasteiger partial charge in [0.15, 0.2) is 0 Å². The molecule has 2 aromatic carbocycles. The number of nitro benzene ring substituents is 1. The molecule has 3 rings (SSSR count). The molecule has 140 valence electrons. The quantitative estimate of drug-likeness (QED) is 0.321. The van der Waals surface area contributed by atoms with Crippen LogP contribution in [0.4, 0.5) is 17.2 Å². The van der Waals surface area contributed by atoms with Crippen LogP contribution in [0.25, 0.3) is 10.9 Å². The number of nitro groups is 1. The maximum Gasteiger partial charge on any atom is 0.293 e. The number of primary sulfonamides is 1. The second kappa shape index (κ2) is 7.56. The average molecular weight is 387 g/mol. The maximum atomic E-state index is 11.3. The lowest BCUT2D eigenvalue weighted by Gasteiger charge is -2.10. The van der Waals surface area contributed by atoms with E-state index in [0.29, 0.717) is 18.9 Å². The highest BCUT2D eigenvalue weighted by Crippen LogP contribution is 2.27. The molecule has 3 aromatic rings. The van der Waals surface area contributed by atoms with Crippen LogP contribution in [0.1, 0.15) is 0 Å². The SMILES string of the molecule is NS(=O)(=O)c1ccc(NCCNc2ccc3ccccc3n2)c([N+](=O)[O-])c1. The molecule has 0 amide bonds. The van der Waals surface area contributed by atoms with Crippen molar-refractivity contribution in [1.82, 2.24) is 4.98 Å². The molecule has 10 heteroatoms. The van der Waals surface area contributed by atoms with Gasteiger partial charge in [0.25, 0.3) is 5.69 Å². The lowest BCUT2D eigenvalue weighted by Crippen LogP contribution is -2.16. The highest BCUT2D eigenvalue weighted by molar-refractivity contribution is 7.89. The summed E-state index contributed by atoms with van der Waals surface area (Å²) >= 11 is 0. The van der Waals surface area contributed by atoms with E-state index < -0.39 is 14.9 Å². The Morgan fingerprint density at radius 3 is 2.52 bits per heavy atom. The van der Waals surface area contributed by atoms with Gasteiger partial charge in [-0.1, -0.05) is 18.2 Å². The third-order valence-electron chi connectivity index (χ3n) is 3.84. The summed E-state index contributed by atoms with van der Waals surface area (Å²) in [4.78, 5) is 14.7. The van der Waals surface area contributed by atoms with Crippen LogP contribution in [0, 0.1) is 10.1 Å². The van der Waals surface area contributed by atoms with Crippen LogP contribution in [0.3, 0.4) is 0 Å². The van der Waals surface area contributed by atoms with Crippen molar-refractivity contribution in [2.75, 3.05) is 23.7 Å². The van der Waals surface area contributed by atoms with Crippen molar-refractivity contribution in [3.63, 3.8) is 0 Å². The number of hydrogen-bond acceptors (Lipinski definition) is 7. The van der Waals surface area contributed by atoms with Gasteiger partial charge in [0.2, 0.25) is 10.0 Å². The van der Waals surface area contributed by atoms with Crippen LogP contribution >= 0.6 is 0 Å². The van der Waals surface area contributed by atoms with Crippen LogP contribution in [-0.4, -0.2) is 31.4 Å². The van der Waals surface area contributed by atoms with Crippen LogP contribution in [0.5, 0.6) is 0 Å². The number of rotatable bonds is 7. The molecule has 9 nitrogen and oxygen atoms in total. The summed E-state index contributed by atoms with van der Waals surface area (Å²) in [5, 5.41) is 23.3. The molecule has 0 atom stereocenters. The Labute approximate surface area is 155 Å². The molecule has 0 saturated heterocycles. The number of nitrogens with two attached hydrogens (primary N) is 1. The molecule has 27 heavy (non-hydrogen) atoms. The van der Waals surface area contributed by atoms with Crippen LogP contribution in [0.15, 0.2) is 59.5 Å². The fourth-order valence-electron chi connectivity index (χ4n) is 2.54. The number of hydrogen-bond donors (Lipinski definition) is 3. The Balaban J connectivity index is 1.65. The Morgan fingerprint density at radius 1 is 1.04 bits per heavy atom. The van der Waals surface area contributed by atoms with E-state index in [2.05, 4.69) is 15.6 Å². The van der Waals surface area contributed by atoms with Gasteiger partial charge < -0.3 is 10.6 Å². The van der Waals surface area contributed by atoms with E-state index in [4.69, 9.17) is 5.14 Å². The fraction of sp³-hybridized carbons (Fsp3) is 0.118. The van der Waals surface area contributed by atoms with E-state index in [0.717, 1.165) is 17.0 Å². The number of benzene rings is 2. The predicted octanol–water partition coefficient (Wildman–Crippen LogP) is 2.31. The minimum Gasteiger partial charge on any atom is -0.378 e. The highest BCUT2D eigenvalue weighted by atomic mass is 32.2. The molecule has 0 saturated carbocycles. The third kappa shape index (κ3) is 4.49. The summed E-state index contributed by atoms with van der Waals surface area (Å²) in [6.45, 7) is 0.823. The molecule has 0 radical (unpaired) electrons. The summed E-state index contributed by atoms with van der Waals surface area (Å²) in [5.41, 5.74) is 0.718. The summed E-state index contributed by atoms with van der Waals surface area (Å²) in [5.74, 6) is 0.689. The second-order valence-electron chi connectivity index (χ2n) is 5.72. The zero-order valence-electron chi connectivity index (χ0n) is 14.1. The first-order valence-electron chi connectivity index (χ1n) is 7.99. The van der Waals surface area contributed by atoms with Crippen molar-refractivity contribution in [3.8, 4) is 0 Å². The standard InChI is InChI=1S/C17H17N5O4S/c18-27(25,26)13-6-7-15(16(11-13)22(23)24)19-9-10-20-17-8-5-12-3-1-2-4-14(12)21-17/h1-8,11,19H,9-10H2,(H,20,21)(H2,18,25,26). The van der Waals surface area contributed by atoms with Gasteiger partial charge in [0, 0.05) is 24.5 Å². The first kappa shape index (κ1) is 18.5. The van der Waals surface area contributed by atoms with Crippen LogP contribution < -0.4 is 15.8 Å². The van der Waals surface area contributed by atoms with Gasteiger partial charge in [-0.15, -0.1) is 0 Å². The zero-order chi connectivity index (χ0) is 19.4. The van der Waals surface area contributed by atoms with Gasteiger partial charge in [-0.25, -0.2) is 18.5 Å². The van der Waals surface area contributed by atoms with Gasteiger partial charge in [-0.2, -0.15) is 0 Å². The van der Waals surface area contributed by atoms with Crippen molar-refractivity contribution < 1.29 is 13.3 Å². The molecule has 0 spiro atoms. The number of nitrogens with one attached hydrogen (secondary N) is 2. The zero-order valence-corrected chi connectivity index (χ0v) is 14.9. The molecule has 0 fully saturated rings. The molecule has 0 aliphatic rings. The van der Waals surface area contributed by atoms with Crippen molar-refractivity contribution in [1.29, 1.82) is 0 Å². The normalized spacial score (nSPS) is 11.3. The topological polar surface area (TPSA) is 140 Å². The molecule has 0 bridgehead atoms. The van der Waals surface area contributed by atoms with Gasteiger partial charge in [-0.05, 0) is 30.3 Å². The number of sulfonamides is 1. The summed E-state index contributed by atoms with van der Waals surface area (Å²) < 4.78 is 22.7. The van der Waals surface area contributed by atoms with Gasteiger partial charge >= 0.3 is 0 Å². The number of nitrogens with zero attached hydrogens (tertiary/aromatic N) is 2. The minimum atomic E-state index is -4.01. The molecule has 4 N–H and O–H groups in total. The van der Waals surface area contributed by atoms with Gasteiger partial charge in [0.1, 0.15) is 11.5 Å². The smallest absolute Gasteiger partial charge is 0.293 e. The third-order valence-corrected chi connectivity index (χ3v) is 4.75. The van der Waals surface area contributed by atoms with Crippen molar-refractivity contribution in [3.05, 3.63) is 64.7 Å². The lowest BCUT2D eigenvalue weighted by molar-refractivity contribution is -0.384. The number of aromatic nitrogens is 1. The van der Waals surface area contributed by atoms with E-state index in [1.807, 2.05) is 36.4 Å². The monoisotopic (exact) mass is 387 g/mol. The van der Waals surface area contributed by atoms with Crippen LogP contribution in [-0.2, 0) is 10.0 Å². The molecular formula is C17H17N5O4S. The van der Waals surface area contributed by atoms with Gasteiger partial charge in [-0.3, -0.25) is 10.1 Å². The minimum absolute atomic E-state index is 0.209. The number of pyridine rings is 1. The van der Waals surface area contributed by atoms with E-state index in [9.17, 15) is 18.5 Å². The largest absolute Gasteiger partial charge is 0.378 e. The molecule has 0 unspecified atom stereocenters. The predicted molar refractivity (Wildman–Crippen MR) is 103 cm³/mol. The highest BCUT2D eigenvalue weighted by Gasteiger charge is 2.18. The Morgan fingerprint density at radius 2 is 1.78 bits per heavy atom. The fourth-order valence-corrected chi connectivity index (χ4v) is 3.07. The first-order valence-corrected chi connectivity index (χ1v) is 9.54. The van der Waals surface area contributed by atoms with Crippen molar-refractivity contribution in [2.45, 2.75) is 4.90 Å². The Bertz CT molecular complexity index is 1100. The summed E-state index contributed by atoms with van der Waals surface area (Å²) in [6, 6.07) is 15.0. The van der Waals surface area contributed by atoms with E-state index in [-0.39, 0.29) is 16.3 Å². The first-order chi connectivity index (χ1) is 12.8. The van der Waals surface area contributed by atoms with E-state index in [1.54, 1.807) is 0 Å². The van der Waals surface area contributed by atoms with Crippen LogP contribution in [0.2, 0.25) is 0 Å². The summed E-state index contributed by atoms with van der Waals surface area (Å²) in [6.07, 6.45) is 0. The number of para-hydroxylation sites is 1. The van der Waals surface area contributed by atoms with Gasteiger partial charge in [0.05, 0.1) is 15.3 Å². The molecular weight excluding hydrogens is 370 g/mol. The molecule has 0 aliphatic carbocycles. The molecule has 1 aromatic heterocycles. The summed E-state index contributed by atoms with van der Waals surface area (Å²) in [7, 11) is -4.01. The Hall–Kier alpha value is -3.24. The molecule has 0 aliphatic heterocycles.